The number of nitrogen functional groups attached to an aromatic ring is 1. The molecule has 10 nitrogen and oxygen atoms in total. The first-order chi connectivity index (χ1) is 13.9. The summed E-state index contributed by atoms with van der Waals surface area (Å²) in [7, 11) is -3.87. The third-order valence-corrected chi connectivity index (χ3v) is 5.86. The van der Waals surface area contributed by atoms with Gasteiger partial charge in [0.25, 0.3) is 0 Å². The van der Waals surface area contributed by atoms with Crippen molar-refractivity contribution in [2.45, 2.75) is 24.2 Å². The van der Waals surface area contributed by atoms with E-state index in [1.807, 2.05) is 0 Å². The summed E-state index contributed by atoms with van der Waals surface area (Å²) in [4.78, 5) is 12.7. The highest BCUT2D eigenvalue weighted by atomic mass is 32.2. The fourth-order valence-corrected chi connectivity index (χ4v) is 3.95. The molecule has 3 aromatic rings. The second-order valence-corrected chi connectivity index (χ2v) is 8.49. The summed E-state index contributed by atoms with van der Waals surface area (Å²) in [5.74, 6) is 0.949. The Morgan fingerprint density at radius 2 is 2.03 bits per heavy atom. The summed E-state index contributed by atoms with van der Waals surface area (Å²) >= 11 is 0. The van der Waals surface area contributed by atoms with Crippen molar-refractivity contribution < 1.29 is 13.2 Å². The lowest BCUT2D eigenvalue weighted by Gasteiger charge is -2.23. The number of primary sulfonamides is 1. The molecule has 1 fully saturated rings. The number of anilines is 1. The van der Waals surface area contributed by atoms with Crippen LogP contribution in [0.5, 0.6) is 0 Å². The van der Waals surface area contributed by atoms with Gasteiger partial charge < -0.3 is 10.5 Å². The quantitative estimate of drug-likeness (QED) is 0.624. The SMILES string of the molecule is Nc1ncc(-c2cc(S(N)(=O)=O)ccc2CC2CCOCC2)nc1-n1cncn1. The topological polar surface area (TPSA) is 152 Å². The third-order valence-electron chi connectivity index (χ3n) is 4.95. The van der Waals surface area contributed by atoms with Gasteiger partial charge in [0.2, 0.25) is 10.0 Å². The molecule has 4 N–H and O–H groups in total. The standard InChI is InChI=1S/C18H21N7O3S/c19-17-18(25-11-21-10-23-25)24-16(9-22-17)15-8-14(29(20,26)27)2-1-13(15)7-12-3-5-28-6-4-12/h1-2,8-12H,3-7H2,(H2,19,22)(H2,20,26,27). The van der Waals surface area contributed by atoms with Gasteiger partial charge in [0.05, 0.1) is 16.8 Å². The van der Waals surface area contributed by atoms with Crippen LogP contribution in [-0.2, 0) is 21.2 Å². The molecule has 0 atom stereocenters. The average molecular weight is 415 g/mol. The summed E-state index contributed by atoms with van der Waals surface area (Å²) in [5, 5.41) is 9.39. The fourth-order valence-electron chi connectivity index (χ4n) is 3.42. The molecule has 0 unspecified atom stereocenters. The molecule has 0 saturated carbocycles. The van der Waals surface area contributed by atoms with Crippen LogP contribution in [0, 0.1) is 5.92 Å². The van der Waals surface area contributed by atoms with Gasteiger partial charge in [-0.15, -0.1) is 0 Å². The molecule has 1 saturated heterocycles. The molecule has 0 amide bonds. The summed E-state index contributed by atoms with van der Waals surface area (Å²) < 4.78 is 30.7. The molecule has 0 bridgehead atoms. The fraction of sp³-hybridized carbons (Fsp3) is 0.333. The van der Waals surface area contributed by atoms with E-state index in [1.54, 1.807) is 6.07 Å². The largest absolute Gasteiger partial charge is 0.381 e. The van der Waals surface area contributed by atoms with Crippen LogP contribution in [0.1, 0.15) is 18.4 Å². The van der Waals surface area contributed by atoms with Crippen molar-refractivity contribution in [3.8, 4) is 17.1 Å². The maximum absolute atomic E-state index is 11.9. The Morgan fingerprint density at radius 3 is 2.72 bits per heavy atom. The zero-order valence-corrected chi connectivity index (χ0v) is 16.4. The van der Waals surface area contributed by atoms with Crippen molar-refractivity contribution in [1.29, 1.82) is 0 Å². The van der Waals surface area contributed by atoms with Crippen LogP contribution in [0.4, 0.5) is 5.82 Å². The molecule has 11 heteroatoms. The molecule has 4 rings (SSSR count). The zero-order valence-electron chi connectivity index (χ0n) is 15.6. The second kappa shape index (κ2) is 7.85. The Kier molecular flexibility index (Phi) is 5.26. The zero-order chi connectivity index (χ0) is 20.4. The van der Waals surface area contributed by atoms with Gasteiger partial charge in [-0.1, -0.05) is 6.07 Å². The maximum atomic E-state index is 11.9. The van der Waals surface area contributed by atoms with E-state index in [9.17, 15) is 8.42 Å². The van der Waals surface area contributed by atoms with Gasteiger partial charge in [0.15, 0.2) is 11.6 Å². The van der Waals surface area contributed by atoms with Gasteiger partial charge in [-0.2, -0.15) is 9.78 Å². The normalized spacial score (nSPS) is 15.5. The molecular formula is C18H21N7O3S. The smallest absolute Gasteiger partial charge is 0.238 e. The highest BCUT2D eigenvalue weighted by Crippen LogP contribution is 2.30. The molecule has 2 aromatic heterocycles. The molecule has 1 aromatic carbocycles. The van der Waals surface area contributed by atoms with Crippen molar-refractivity contribution in [2.75, 3.05) is 18.9 Å². The first kappa shape index (κ1) is 19.4. The van der Waals surface area contributed by atoms with E-state index in [0.717, 1.165) is 38.0 Å². The molecule has 1 aliphatic rings. The predicted molar refractivity (Wildman–Crippen MR) is 105 cm³/mol. The minimum Gasteiger partial charge on any atom is -0.381 e. The van der Waals surface area contributed by atoms with Crippen LogP contribution in [-0.4, -0.2) is 46.4 Å². The van der Waals surface area contributed by atoms with Gasteiger partial charge in [0, 0.05) is 18.8 Å². The van der Waals surface area contributed by atoms with E-state index < -0.39 is 10.0 Å². The third kappa shape index (κ3) is 4.26. The van der Waals surface area contributed by atoms with E-state index in [1.165, 1.54) is 35.7 Å². The Morgan fingerprint density at radius 1 is 1.24 bits per heavy atom. The monoisotopic (exact) mass is 415 g/mol. The lowest BCUT2D eigenvalue weighted by Crippen LogP contribution is -2.18. The number of sulfonamides is 1. The van der Waals surface area contributed by atoms with Crippen LogP contribution in [0.15, 0.2) is 41.9 Å². The van der Waals surface area contributed by atoms with Gasteiger partial charge in [0.1, 0.15) is 12.7 Å². The number of hydrogen-bond acceptors (Lipinski definition) is 8. The number of ether oxygens (including phenoxy) is 1. The van der Waals surface area contributed by atoms with Crippen LogP contribution in [0.3, 0.4) is 0 Å². The van der Waals surface area contributed by atoms with E-state index in [-0.39, 0.29) is 10.7 Å². The molecule has 1 aliphatic heterocycles. The first-order valence-electron chi connectivity index (χ1n) is 9.13. The summed E-state index contributed by atoms with van der Waals surface area (Å²) in [6, 6.07) is 4.85. The molecule has 0 radical (unpaired) electrons. The number of benzene rings is 1. The van der Waals surface area contributed by atoms with E-state index in [0.29, 0.717) is 23.0 Å². The summed E-state index contributed by atoms with van der Waals surface area (Å²) in [6.07, 6.45) is 7.03. The van der Waals surface area contributed by atoms with E-state index in [2.05, 4.69) is 20.1 Å². The minimum atomic E-state index is -3.87. The second-order valence-electron chi connectivity index (χ2n) is 6.93. The summed E-state index contributed by atoms with van der Waals surface area (Å²) in [5.41, 5.74) is 8.05. The van der Waals surface area contributed by atoms with Gasteiger partial charge >= 0.3 is 0 Å². The van der Waals surface area contributed by atoms with Crippen molar-refractivity contribution in [2.24, 2.45) is 11.1 Å². The maximum Gasteiger partial charge on any atom is 0.238 e. The number of aromatic nitrogens is 5. The van der Waals surface area contributed by atoms with Crippen LogP contribution >= 0.6 is 0 Å². The Hall–Kier alpha value is -2.89. The van der Waals surface area contributed by atoms with Crippen molar-refractivity contribution in [3.05, 3.63) is 42.6 Å². The van der Waals surface area contributed by atoms with Gasteiger partial charge in [-0.25, -0.2) is 28.5 Å². The average Bonchev–Trinajstić information content (AvgIpc) is 3.23. The number of nitrogens with two attached hydrogens (primary N) is 2. The molecule has 3 heterocycles. The number of nitrogens with zero attached hydrogens (tertiary/aromatic N) is 5. The molecule has 29 heavy (non-hydrogen) atoms. The lowest BCUT2D eigenvalue weighted by molar-refractivity contribution is 0.0665. The van der Waals surface area contributed by atoms with Gasteiger partial charge in [-0.05, 0) is 42.9 Å². The van der Waals surface area contributed by atoms with Crippen LogP contribution in [0.25, 0.3) is 17.1 Å². The van der Waals surface area contributed by atoms with Crippen molar-refractivity contribution >= 4 is 15.8 Å². The van der Waals surface area contributed by atoms with Crippen molar-refractivity contribution in [3.63, 3.8) is 0 Å². The number of rotatable bonds is 5. The Labute approximate surface area is 168 Å². The minimum absolute atomic E-state index is 0.0177. The van der Waals surface area contributed by atoms with Crippen LogP contribution in [0.2, 0.25) is 0 Å². The van der Waals surface area contributed by atoms with E-state index >= 15 is 0 Å². The highest BCUT2D eigenvalue weighted by molar-refractivity contribution is 7.89. The highest BCUT2D eigenvalue weighted by Gasteiger charge is 2.20. The Balaban J connectivity index is 1.81. The summed E-state index contributed by atoms with van der Waals surface area (Å²) in [6.45, 7) is 1.46. The van der Waals surface area contributed by atoms with Gasteiger partial charge in [-0.3, -0.25) is 0 Å². The predicted octanol–water partition coefficient (Wildman–Crippen LogP) is 0.923. The van der Waals surface area contributed by atoms with Crippen LogP contribution < -0.4 is 10.9 Å². The number of hydrogen-bond donors (Lipinski definition) is 2. The first-order valence-corrected chi connectivity index (χ1v) is 10.7. The molecule has 152 valence electrons. The molecular weight excluding hydrogens is 394 g/mol. The Bertz CT molecular complexity index is 1110. The molecule has 0 aliphatic carbocycles. The molecule has 0 spiro atoms. The van der Waals surface area contributed by atoms with E-state index in [4.69, 9.17) is 15.6 Å². The van der Waals surface area contributed by atoms with Crippen molar-refractivity contribution in [1.82, 2.24) is 24.7 Å². The lowest BCUT2D eigenvalue weighted by atomic mass is 9.89.